The second kappa shape index (κ2) is 7.90. The van der Waals surface area contributed by atoms with Gasteiger partial charge in [-0.1, -0.05) is 48.5 Å². The number of pyridine rings is 1. The highest BCUT2D eigenvalue weighted by atomic mass is 16.5. The molecule has 1 aromatic heterocycles. The van der Waals surface area contributed by atoms with Gasteiger partial charge in [0.2, 0.25) is 5.91 Å². The number of nitrogens with one attached hydrogen (secondary N) is 1. The summed E-state index contributed by atoms with van der Waals surface area (Å²) in [5.74, 6) is -0.0191. The van der Waals surface area contributed by atoms with E-state index in [1.165, 1.54) is 0 Å². The Morgan fingerprint density at radius 1 is 1.08 bits per heavy atom. The Morgan fingerprint density at radius 3 is 2.56 bits per heavy atom. The number of hydrogen-bond donors (Lipinski definition) is 1. The van der Waals surface area contributed by atoms with Gasteiger partial charge in [-0.2, -0.15) is 0 Å². The SMILES string of the molecule is COCCNC(=O)Cc1c(C)nc2ccccc2c1-c1ccccc1. The zero-order valence-electron chi connectivity index (χ0n) is 14.6. The van der Waals surface area contributed by atoms with Gasteiger partial charge in [0.25, 0.3) is 0 Å². The number of aryl methyl sites for hydroxylation is 1. The fourth-order valence-electron chi connectivity index (χ4n) is 3.04. The van der Waals surface area contributed by atoms with Crippen molar-refractivity contribution < 1.29 is 9.53 Å². The molecule has 4 heteroatoms. The van der Waals surface area contributed by atoms with Crippen LogP contribution in [0, 0.1) is 6.92 Å². The van der Waals surface area contributed by atoms with Crippen molar-refractivity contribution in [1.82, 2.24) is 10.3 Å². The van der Waals surface area contributed by atoms with Crippen LogP contribution in [0.3, 0.4) is 0 Å². The standard InChI is InChI=1S/C21H22N2O2/c1-15-18(14-20(24)22-12-13-25-2)21(16-8-4-3-5-9-16)17-10-6-7-11-19(17)23-15/h3-11H,12-14H2,1-2H3,(H,22,24). The molecule has 0 aliphatic heterocycles. The predicted molar refractivity (Wildman–Crippen MR) is 101 cm³/mol. The molecular formula is C21H22N2O2. The van der Waals surface area contributed by atoms with Crippen molar-refractivity contribution in [3.05, 3.63) is 65.9 Å². The van der Waals surface area contributed by atoms with Gasteiger partial charge >= 0.3 is 0 Å². The highest BCUT2D eigenvalue weighted by Crippen LogP contribution is 2.33. The maximum absolute atomic E-state index is 12.4. The number of ether oxygens (including phenoxy) is 1. The summed E-state index contributed by atoms with van der Waals surface area (Å²) < 4.78 is 4.99. The van der Waals surface area contributed by atoms with Crippen molar-refractivity contribution in [3.63, 3.8) is 0 Å². The smallest absolute Gasteiger partial charge is 0.224 e. The van der Waals surface area contributed by atoms with Crippen molar-refractivity contribution in [2.45, 2.75) is 13.3 Å². The summed E-state index contributed by atoms with van der Waals surface area (Å²) in [4.78, 5) is 17.1. The Labute approximate surface area is 147 Å². The molecule has 0 unspecified atom stereocenters. The van der Waals surface area contributed by atoms with Gasteiger partial charge in [-0.05, 0) is 29.7 Å². The lowest BCUT2D eigenvalue weighted by Crippen LogP contribution is -2.28. The van der Waals surface area contributed by atoms with E-state index in [-0.39, 0.29) is 5.91 Å². The molecule has 0 atom stereocenters. The number of carbonyl (C=O) groups is 1. The van der Waals surface area contributed by atoms with Crippen LogP contribution in [-0.2, 0) is 16.0 Å². The lowest BCUT2D eigenvalue weighted by atomic mass is 9.92. The van der Waals surface area contributed by atoms with Crippen LogP contribution in [0.1, 0.15) is 11.3 Å². The van der Waals surface area contributed by atoms with Crippen LogP contribution < -0.4 is 5.32 Å². The van der Waals surface area contributed by atoms with Crippen molar-refractivity contribution in [1.29, 1.82) is 0 Å². The summed E-state index contributed by atoms with van der Waals surface area (Å²) >= 11 is 0. The molecule has 3 aromatic rings. The Hall–Kier alpha value is -2.72. The summed E-state index contributed by atoms with van der Waals surface area (Å²) in [6, 6.07) is 18.3. The normalized spacial score (nSPS) is 10.8. The van der Waals surface area contributed by atoms with Crippen LogP contribution in [0.15, 0.2) is 54.6 Å². The number of rotatable bonds is 6. The minimum atomic E-state index is -0.0191. The van der Waals surface area contributed by atoms with E-state index in [0.29, 0.717) is 19.6 Å². The zero-order valence-corrected chi connectivity index (χ0v) is 14.6. The third kappa shape index (κ3) is 3.86. The van der Waals surface area contributed by atoms with Crippen LogP contribution in [-0.4, -0.2) is 31.2 Å². The number of carbonyl (C=O) groups excluding carboxylic acids is 1. The summed E-state index contributed by atoms with van der Waals surface area (Å²) in [6.45, 7) is 2.99. The molecule has 1 amide bonds. The number of para-hydroxylation sites is 1. The van der Waals surface area contributed by atoms with E-state index in [4.69, 9.17) is 9.72 Å². The molecule has 3 rings (SSSR count). The number of hydrogen-bond acceptors (Lipinski definition) is 3. The minimum Gasteiger partial charge on any atom is -0.383 e. The Bertz CT molecular complexity index is 876. The van der Waals surface area contributed by atoms with Gasteiger partial charge in [0.1, 0.15) is 0 Å². The molecule has 0 bridgehead atoms. The molecule has 0 spiro atoms. The highest BCUT2D eigenvalue weighted by Gasteiger charge is 2.16. The quantitative estimate of drug-likeness (QED) is 0.702. The summed E-state index contributed by atoms with van der Waals surface area (Å²) in [7, 11) is 1.62. The molecule has 0 radical (unpaired) electrons. The van der Waals surface area contributed by atoms with Crippen LogP contribution in [0.5, 0.6) is 0 Å². The molecule has 0 aliphatic carbocycles. The van der Waals surface area contributed by atoms with Crippen molar-refractivity contribution in [2.75, 3.05) is 20.3 Å². The fraction of sp³-hybridized carbons (Fsp3) is 0.238. The van der Waals surface area contributed by atoms with Crippen LogP contribution in [0.4, 0.5) is 0 Å². The Balaban J connectivity index is 2.07. The first-order valence-electron chi connectivity index (χ1n) is 8.40. The highest BCUT2D eigenvalue weighted by molar-refractivity contribution is 5.98. The molecule has 0 saturated carbocycles. The molecule has 4 nitrogen and oxygen atoms in total. The minimum absolute atomic E-state index is 0.0191. The summed E-state index contributed by atoms with van der Waals surface area (Å²) in [5.41, 5.74) is 5.00. The van der Waals surface area contributed by atoms with E-state index in [2.05, 4.69) is 23.5 Å². The van der Waals surface area contributed by atoms with Gasteiger partial charge in [-0.15, -0.1) is 0 Å². The summed E-state index contributed by atoms with van der Waals surface area (Å²) in [6.07, 6.45) is 0.303. The van der Waals surface area contributed by atoms with E-state index in [9.17, 15) is 4.79 Å². The third-order valence-corrected chi connectivity index (χ3v) is 4.23. The molecule has 1 heterocycles. The first kappa shape index (κ1) is 17.1. The molecule has 2 aromatic carbocycles. The van der Waals surface area contributed by atoms with E-state index in [0.717, 1.165) is 33.3 Å². The first-order valence-corrected chi connectivity index (χ1v) is 8.40. The maximum Gasteiger partial charge on any atom is 0.224 e. The van der Waals surface area contributed by atoms with Gasteiger partial charge in [0.15, 0.2) is 0 Å². The lowest BCUT2D eigenvalue weighted by Gasteiger charge is -2.16. The monoisotopic (exact) mass is 334 g/mol. The van der Waals surface area contributed by atoms with Gasteiger partial charge in [0, 0.05) is 24.7 Å². The third-order valence-electron chi connectivity index (χ3n) is 4.23. The fourth-order valence-corrected chi connectivity index (χ4v) is 3.04. The van der Waals surface area contributed by atoms with Crippen LogP contribution in [0.25, 0.3) is 22.0 Å². The van der Waals surface area contributed by atoms with E-state index < -0.39 is 0 Å². The summed E-state index contributed by atoms with van der Waals surface area (Å²) in [5, 5.41) is 3.96. The molecule has 1 N–H and O–H groups in total. The largest absolute Gasteiger partial charge is 0.383 e. The molecule has 0 aliphatic rings. The van der Waals surface area contributed by atoms with Gasteiger partial charge in [-0.25, -0.2) is 0 Å². The first-order chi connectivity index (χ1) is 12.2. The van der Waals surface area contributed by atoms with Crippen molar-refractivity contribution >= 4 is 16.8 Å². The second-order valence-corrected chi connectivity index (χ2v) is 5.95. The van der Waals surface area contributed by atoms with E-state index in [1.54, 1.807) is 7.11 Å². The number of nitrogens with zero attached hydrogens (tertiary/aromatic N) is 1. The molecule has 128 valence electrons. The number of fused-ring (bicyclic) bond motifs is 1. The van der Waals surface area contributed by atoms with Crippen molar-refractivity contribution in [3.8, 4) is 11.1 Å². The molecular weight excluding hydrogens is 312 g/mol. The number of amides is 1. The second-order valence-electron chi connectivity index (χ2n) is 5.95. The topological polar surface area (TPSA) is 51.2 Å². The van der Waals surface area contributed by atoms with Crippen LogP contribution >= 0.6 is 0 Å². The molecule has 0 saturated heterocycles. The predicted octanol–water partition coefficient (Wildman–Crippen LogP) is 3.52. The van der Waals surface area contributed by atoms with Gasteiger partial charge < -0.3 is 10.1 Å². The maximum atomic E-state index is 12.4. The number of methoxy groups -OCH3 is 1. The number of aromatic nitrogens is 1. The molecule has 25 heavy (non-hydrogen) atoms. The average Bonchev–Trinajstić information content (AvgIpc) is 2.63. The van der Waals surface area contributed by atoms with Gasteiger partial charge in [0.05, 0.1) is 18.5 Å². The average molecular weight is 334 g/mol. The molecule has 0 fully saturated rings. The van der Waals surface area contributed by atoms with E-state index in [1.807, 2.05) is 43.3 Å². The van der Waals surface area contributed by atoms with E-state index >= 15 is 0 Å². The number of benzene rings is 2. The van der Waals surface area contributed by atoms with Crippen LogP contribution in [0.2, 0.25) is 0 Å². The Kier molecular flexibility index (Phi) is 5.41. The zero-order chi connectivity index (χ0) is 17.6. The van der Waals surface area contributed by atoms with Crippen molar-refractivity contribution in [2.24, 2.45) is 0 Å². The Morgan fingerprint density at radius 2 is 1.80 bits per heavy atom. The van der Waals surface area contributed by atoms with Gasteiger partial charge in [-0.3, -0.25) is 9.78 Å². The lowest BCUT2D eigenvalue weighted by molar-refractivity contribution is -0.120.